The molecule has 0 saturated carbocycles. The van der Waals surface area contributed by atoms with E-state index in [4.69, 9.17) is 0 Å². The Morgan fingerprint density at radius 3 is 2.55 bits per heavy atom. The fraction of sp³-hybridized carbons (Fsp3) is 0.143. The second-order valence-electron chi connectivity index (χ2n) is 6.61. The number of hydrogen-bond donors (Lipinski definition) is 1. The molecular formula is C21H19FN6O. The van der Waals surface area contributed by atoms with Gasteiger partial charge in [-0.15, -0.1) is 5.10 Å². The Morgan fingerprint density at radius 1 is 0.931 bits per heavy atom. The van der Waals surface area contributed by atoms with Crippen LogP contribution in [0.2, 0.25) is 0 Å². The normalized spacial score (nSPS) is 10.8. The summed E-state index contributed by atoms with van der Waals surface area (Å²) in [5.41, 5.74) is 2.69. The van der Waals surface area contributed by atoms with Gasteiger partial charge in [0.2, 0.25) is 0 Å². The molecule has 2 aromatic heterocycles. The van der Waals surface area contributed by atoms with E-state index in [0.29, 0.717) is 18.7 Å². The summed E-state index contributed by atoms with van der Waals surface area (Å²) in [4.78, 5) is 12.3. The van der Waals surface area contributed by atoms with Crippen molar-refractivity contribution in [1.29, 1.82) is 0 Å². The van der Waals surface area contributed by atoms with Gasteiger partial charge in [-0.1, -0.05) is 53.7 Å². The van der Waals surface area contributed by atoms with E-state index in [2.05, 4.69) is 20.7 Å². The van der Waals surface area contributed by atoms with E-state index in [9.17, 15) is 9.18 Å². The van der Waals surface area contributed by atoms with E-state index in [-0.39, 0.29) is 24.0 Å². The van der Waals surface area contributed by atoms with Crippen LogP contribution in [0.25, 0.3) is 0 Å². The minimum Gasteiger partial charge on any atom is -0.346 e. The monoisotopic (exact) mass is 390 g/mol. The van der Waals surface area contributed by atoms with E-state index >= 15 is 0 Å². The molecule has 0 fully saturated rings. The number of benzene rings is 2. The van der Waals surface area contributed by atoms with Gasteiger partial charge in [0.25, 0.3) is 5.91 Å². The predicted molar refractivity (Wildman–Crippen MR) is 104 cm³/mol. The summed E-state index contributed by atoms with van der Waals surface area (Å²) in [6, 6.07) is 16.4. The number of nitrogens with zero attached hydrogens (tertiary/aromatic N) is 5. The highest BCUT2D eigenvalue weighted by Gasteiger charge is 2.12. The number of rotatable bonds is 7. The zero-order chi connectivity index (χ0) is 20.1. The van der Waals surface area contributed by atoms with Gasteiger partial charge in [0.15, 0.2) is 5.69 Å². The van der Waals surface area contributed by atoms with Gasteiger partial charge in [-0.25, -0.2) is 9.07 Å². The molecule has 1 N–H and O–H groups in total. The van der Waals surface area contributed by atoms with Crippen LogP contribution in [0, 0.1) is 5.82 Å². The van der Waals surface area contributed by atoms with E-state index in [0.717, 1.165) is 11.1 Å². The third kappa shape index (κ3) is 4.73. The summed E-state index contributed by atoms with van der Waals surface area (Å²) < 4.78 is 17.0. The number of carbonyl (C=O) groups excluding carboxylic acids is 1. The molecule has 2 heterocycles. The van der Waals surface area contributed by atoms with Crippen LogP contribution in [0.1, 0.15) is 27.2 Å². The standard InChI is InChI=1S/C21H19FN6O/c22-19-9-5-4-8-18(19)14-28-15-20(25-26-28)21(29)23-10-17-11-24-27(13-17)12-16-6-2-1-3-7-16/h1-9,11,13,15H,10,12,14H2,(H,23,29). The molecule has 8 heteroatoms. The fourth-order valence-corrected chi connectivity index (χ4v) is 2.91. The molecule has 0 aliphatic carbocycles. The lowest BCUT2D eigenvalue weighted by molar-refractivity contribution is 0.0946. The Balaban J connectivity index is 1.32. The zero-order valence-electron chi connectivity index (χ0n) is 15.6. The summed E-state index contributed by atoms with van der Waals surface area (Å²) in [6.07, 6.45) is 5.11. The van der Waals surface area contributed by atoms with E-state index in [1.165, 1.54) is 16.9 Å². The lowest BCUT2D eigenvalue weighted by Crippen LogP contribution is -2.23. The Kier molecular flexibility index (Phi) is 5.42. The van der Waals surface area contributed by atoms with Crippen LogP contribution in [-0.2, 0) is 19.6 Å². The van der Waals surface area contributed by atoms with E-state index in [1.807, 2.05) is 41.2 Å². The summed E-state index contributed by atoms with van der Waals surface area (Å²) in [6.45, 7) is 1.20. The maximum atomic E-state index is 13.7. The first-order valence-corrected chi connectivity index (χ1v) is 9.14. The average Bonchev–Trinajstić information content (AvgIpc) is 3.38. The van der Waals surface area contributed by atoms with Crippen LogP contribution in [0.3, 0.4) is 0 Å². The van der Waals surface area contributed by atoms with Gasteiger partial charge in [-0.3, -0.25) is 9.48 Å². The van der Waals surface area contributed by atoms with Crippen molar-refractivity contribution in [1.82, 2.24) is 30.1 Å². The van der Waals surface area contributed by atoms with Gasteiger partial charge >= 0.3 is 0 Å². The van der Waals surface area contributed by atoms with Gasteiger partial charge in [0, 0.05) is 23.9 Å². The molecule has 0 aliphatic heterocycles. The number of halogens is 1. The van der Waals surface area contributed by atoms with Crippen molar-refractivity contribution in [2.75, 3.05) is 0 Å². The molecule has 0 saturated heterocycles. The molecule has 0 radical (unpaired) electrons. The van der Waals surface area contributed by atoms with Crippen molar-refractivity contribution in [3.63, 3.8) is 0 Å². The molecule has 1 amide bonds. The molecule has 0 unspecified atom stereocenters. The minimum atomic E-state index is -0.347. The zero-order valence-corrected chi connectivity index (χ0v) is 15.6. The van der Waals surface area contributed by atoms with Crippen LogP contribution in [0.4, 0.5) is 4.39 Å². The summed E-state index contributed by atoms with van der Waals surface area (Å²) >= 11 is 0. The summed E-state index contributed by atoms with van der Waals surface area (Å²) in [5.74, 6) is -0.665. The maximum absolute atomic E-state index is 13.7. The second kappa shape index (κ2) is 8.47. The molecule has 4 aromatic rings. The van der Waals surface area contributed by atoms with Crippen LogP contribution in [0.5, 0.6) is 0 Å². The van der Waals surface area contributed by atoms with Gasteiger partial charge in [0.1, 0.15) is 5.82 Å². The molecular weight excluding hydrogens is 371 g/mol. The Morgan fingerprint density at radius 2 is 1.72 bits per heavy atom. The topological polar surface area (TPSA) is 77.6 Å². The van der Waals surface area contributed by atoms with Gasteiger partial charge in [0.05, 0.1) is 25.5 Å². The van der Waals surface area contributed by atoms with Crippen LogP contribution >= 0.6 is 0 Å². The van der Waals surface area contributed by atoms with Crippen LogP contribution in [0.15, 0.2) is 73.2 Å². The van der Waals surface area contributed by atoms with Crippen LogP contribution < -0.4 is 5.32 Å². The molecule has 0 bridgehead atoms. The smallest absolute Gasteiger partial charge is 0.273 e. The maximum Gasteiger partial charge on any atom is 0.273 e. The summed E-state index contributed by atoms with van der Waals surface area (Å²) in [5, 5.41) is 14.9. The Labute approximate surface area is 166 Å². The lowest BCUT2D eigenvalue weighted by atomic mass is 10.2. The highest BCUT2D eigenvalue weighted by atomic mass is 19.1. The van der Waals surface area contributed by atoms with E-state index in [1.54, 1.807) is 24.4 Å². The molecule has 0 atom stereocenters. The highest BCUT2D eigenvalue weighted by molar-refractivity contribution is 5.91. The fourth-order valence-electron chi connectivity index (χ4n) is 2.91. The number of aromatic nitrogens is 5. The number of hydrogen-bond acceptors (Lipinski definition) is 4. The van der Waals surface area contributed by atoms with Crippen molar-refractivity contribution in [3.05, 3.63) is 101 Å². The van der Waals surface area contributed by atoms with Crippen molar-refractivity contribution >= 4 is 5.91 Å². The van der Waals surface area contributed by atoms with E-state index < -0.39 is 0 Å². The highest BCUT2D eigenvalue weighted by Crippen LogP contribution is 2.08. The second-order valence-corrected chi connectivity index (χ2v) is 6.61. The minimum absolute atomic E-state index is 0.179. The van der Waals surface area contributed by atoms with Crippen molar-refractivity contribution in [3.8, 4) is 0 Å². The molecule has 2 aromatic carbocycles. The Hall–Kier alpha value is -3.81. The third-order valence-electron chi connectivity index (χ3n) is 4.39. The number of amides is 1. The summed E-state index contributed by atoms with van der Waals surface area (Å²) in [7, 11) is 0. The molecule has 7 nitrogen and oxygen atoms in total. The third-order valence-corrected chi connectivity index (χ3v) is 4.39. The number of nitrogens with one attached hydrogen (secondary N) is 1. The lowest BCUT2D eigenvalue weighted by Gasteiger charge is -2.02. The van der Waals surface area contributed by atoms with Crippen molar-refractivity contribution in [2.45, 2.75) is 19.6 Å². The molecule has 4 rings (SSSR count). The largest absolute Gasteiger partial charge is 0.346 e. The first kappa shape index (κ1) is 18.5. The Bertz CT molecular complexity index is 1110. The van der Waals surface area contributed by atoms with Crippen molar-refractivity contribution in [2.24, 2.45) is 0 Å². The molecule has 146 valence electrons. The average molecular weight is 390 g/mol. The van der Waals surface area contributed by atoms with Gasteiger partial charge < -0.3 is 5.32 Å². The van der Waals surface area contributed by atoms with Gasteiger partial charge in [-0.2, -0.15) is 5.10 Å². The van der Waals surface area contributed by atoms with Crippen molar-refractivity contribution < 1.29 is 9.18 Å². The SMILES string of the molecule is O=C(NCc1cnn(Cc2ccccc2)c1)c1cn(Cc2ccccc2F)nn1. The predicted octanol–water partition coefficient (Wildman–Crippen LogP) is 2.64. The number of carbonyl (C=O) groups is 1. The molecule has 0 spiro atoms. The first-order chi connectivity index (χ1) is 14.2. The van der Waals surface area contributed by atoms with Crippen LogP contribution in [-0.4, -0.2) is 30.7 Å². The quantitative estimate of drug-likeness (QED) is 0.526. The van der Waals surface area contributed by atoms with Gasteiger partial charge in [-0.05, 0) is 11.6 Å². The molecule has 29 heavy (non-hydrogen) atoms. The first-order valence-electron chi connectivity index (χ1n) is 9.14. The molecule has 0 aliphatic rings.